The van der Waals surface area contributed by atoms with Crippen molar-refractivity contribution in [3.63, 3.8) is 0 Å². The maximum absolute atomic E-state index is 12.3. The molecule has 0 saturated carbocycles. The average Bonchev–Trinajstić information content (AvgIpc) is 2.96. The largest absolute Gasteiger partial charge is 0.384 e. The summed E-state index contributed by atoms with van der Waals surface area (Å²) in [4.78, 5) is 0.0635. The van der Waals surface area contributed by atoms with Gasteiger partial charge in [0, 0.05) is 11.6 Å². The summed E-state index contributed by atoms with van der Waals surface area (Å²) in [7, 11) is -3.74. The molecule has 0 aliphatic rings. The summed E-state index contributed by atoms with van der Waals surface area (Å²) in [5, 5.41) is 12.3. The highest BCUT2D eigenvalue weighted by atomic mass is 32.2. The Morgan fingerprint density at radius 1 is 1.38 bits per heavy atom. The summed E-state index contributed by atoms with van der Waals surface area (Å²) >= 11 is 0. The Kier molecular flexibility index (Phi) is 4.75. The fourth-order valence-electron chi connectivity index (χ4n) is 1.69. The molecular formula is C14H14N2O4S. The minimum atomic E-state index is -3.74. The SMILES string of the molecule is Cc1ccc(S(=O)(=O)NCc2ccno2)c(C#CCO)c1. The number of aryl methyl sites for hydroxylation is 1. The van der Waals surface area contributed by atoms with Crippen molar-refractivity contribution in [2.45, 2.75) is 18.4 Å². The van der Waals surface area contributed by atoms with E-state index in [2.05, 4.69) is 21.7 Å². The van der Waals surface area contributed by atoms with Gasteiger partial charge in [-0.15, -0.1) is 0 Å². The van der Waals surface area contributed by atoms with Gasteiger partial charge in [-0.05, 0) is 24.6 Å². The molecule has 0 amide bonds. The highest BCUT2D eigenvalue weighted by Gasteiger charge is 2.18. The number of nitrogens with zero attached hydrogens (tertiary/aromatic N) is 1. The van der Waals surface area contributed by atoms with E-state index in [1.807, 2.05) is 6.92 Å². The lowest BCUT2D eigenvalue weighted by atomic mass is 10.1. The number of benzene rings is 1. The molecule has 21 heavy (non-hydrogen) atoms. The predicted octanol–water partition coefficient (Wildman–Crippen LogP) is 0.805. The maximum atomic E-state index is 12.3. The molecule has 0 aliphatic heterocycles. The quantitative estimate of drug-likeness (QED) is 0.815. The van der Waals surface area contributed by atoms with E-state index in [0.29, 0.717) is 11.3 Å². The molecule has 1 aromatic heterocycles. The van der Waals surface area contributed by atoms with Crippen LogP contribution in [0, 0.1) is 18.8 Å². The Hall–Kier alpha value is -2.14. The third-order valence-corrected chi connectivity index (χ3v) is 4.11. The molecule has 1 aromatic carbocycles. The van der Waals surface area contributed by atoms with Crippen LogP contribution in [0.2, 0.25) is 0 Å². The average molecular weight is 306 g/mol. The van der Waals surface area contributed by atoms with Crippen molar-refractivity contribution in [1.29, 1.82) is 0 Å². The molecule has 110 valence electrons. The van der Waals surface area contributed by atoms with Gasteiger partial charge >= 0.3 is 0 Å². The van der Waals surface area contributed by atoms with Crippen LogP contribution in [0.5, 0.6) is 0 Å². The maximum Gasteiger partial charge on any atom is 0.242 e. The van der Waals surface area contributed by atoms with Gasteiger partial charge in [-0.2, -0.15) is 0 Å². The first-order chi connectivity index (χ1) is 10.0. The predicted molar refractivity (Wildman–Crippen MR) is 75.7 cm³/mol. The molecule has 0 aliphatic carbocycles. The van der Waals surface area contributed by atoms with Gasteiger partial charge in [-0.3, -0.25) is 0 Å². The van der Waals surface area contributed by atoms with E-state index < -0.39 is 10.0 Å². The molecule has 1 heterocycles. The smallest absolute Gasteiger partial charge is 0.242 e. The van der Waals surface area contributed by atoms with Crippen LogP contribution in [0.15, 0.2) is 39.9 Å². The molecule has 0 spiro atoms. The number of aromatic nitrogens is 1. The van der Waals surface area contributed by atoms with Crippen molar-refractivity contribution in [2.75, 3.05) is 6.61 Å². The summed E-state index contributed by atoms with van der Waals surface area (Å²) in [5.74, 6) is 5.52. The van der Waals surface area contributed by atoms with Gasteiger partial charge in [0.15, 0.2) is 5.76 Å². The van der Waals surface area contributed by atoms with Crippen LogP contribution in [-0.4, -0.2) is 25.3 Å². The van der Waals surface area contributed by atoms with E-state index in [1.165, 1.54) is 12.3 Å². The zero-order valence-electron chi connectivity index (χ0n) is 11.3. The minimum absolute atomic E-state index is 0.00305. The third-order valence-electron chi connectivity index (χ3n) is 2.65. The molecule has 0 radical (unpaired) electrons. The Bertz CT molecular complexity index is 771. The first-order valence-electron chi connectivity index (χ1n) is 6.12. The molecule has 2 N–H and O–H groups in total. The first-order valence-corrected chi connectivity index (χ1v) is 7.61. The topological polar surface area (TPSA) is 92.4 Å². The summed E-state index contributed by atoms with van der Waals surface area (Å²) < 4.78 is 31.9. The number of nitrogens with one attached hydrogen (secondary N) is 1. The van der Waals surface area contributed by atoms with E-state index in [4.69, 9.17) is 9.63 Å². The Morgan fingerprint density at radius 2 is 2.19 bits per heavy atom. The molecule has 2 aromatic rings. The van der Waals surface area contributed by atoms with Crippen LogP contribution in [0.3, 0.4) is 0 Å². The Labute approximate surface area is 122 Å². The lowest BCUT2D eigenvalue weighted by molar-refractivity contribution is 0.350. The lowest BCUT2D eigenvalue weighted by Crippen LogP contribution is -2.24. The zero-order chi connectivity index (χ0) is 15.3. The highest BCUT2D eigenvalue weighted by molar-refractivity contribution is 7.89. The van der Waals surface area contributed by atoms with Crippen molar-refractivity contribution in [2.24, 2.45) is 0 Å². The number of hydrogen-bond donors (Lipinski definition) is 2. The molecule has 0 fully saturated rings. The van der Waals surface area contributed by atoms with E-state index in [9.17, 15) is 8.42 Å². The monoisotopic (exact) mass is 306 g/mol. The molecule has 2 rings (SSSR count). The number of rotatable bonds is 4. The van der Waals surface area contributed by atoms with Gasteiger partial charge in [-0.1, -0.05) is 23.1 Å². The van der Waals surface area contributed by atoms with Crippen LogP contribution in [-0.2, 0) is 16.6 Å². The zero-order valence-corrected chi connectivity index (χ0v) is 12.1. The standard InChI is InChI=1S/C14H14N2O4S/c1-11-4-5-14(12(9-11)3-2-8-17)21(18,19)16-10-13-6-7-15-20-13/h4-7,9,16-17H,8,10H2,1H3. The van der Waals surface area contributed by atoms with Crippen molar-refractivity contribution < 1.29 is 18.0 Å². The second-order valence-electron chi connectivity index (χ2n) is 4.26. The van der Waals surface area contributed by atoms with E-state index >= 15 is 0 Å². The summed E-state index contributed by atoms with van der Waals surface area (Å²) in [6, 6.07) is 6.41. The van der Waals surface area contributed by atoms with Crippen LogP contribution in [0.25, 0.3) is 0 Å². The van der Waals surface area contributed by atoms with Crippen molar-refractivity contribution in [1.82, 2.24) is 9.88 Å². The summed E-state index contributed by atoms with van der Waals surface area (Å²) in [5.41, 5.74) is 1.22. The van der Waals surface area contributed by atoms with E-state index in [1.54, 1.807) is 18.2 Å². The minimum Gasteiger partial charge on any atom is -0.384 e. The van der Waals surface area contributed by atoms with Crippen molar-refractivity contribution in [3.05, 3.63) is 47.3 Å². The van der Waals surface area contributed by atoms with Gasteiger partial charge in [-0.25, -0.2) is 13.1 Å². The van der Waals surface area contributed by atoms with Crippen molar-refractivity contribution >= 4 is 10.0 Å². The Morgan fingerprint density at radius 3 is 2.86 bits per heavy atom. The van der Waals surface area contributed by atoms with Gasteiger partial charge in [0.2, 0.25) is 10.0 Å². The van der Waals surface area contributed by atoms with Crippen LogP contribution >= 0.6 is 0 Å². The highest BCUT2D eigenvalue weighted by Crippen LogP contribution is 2.17. The second-order valence-corrected chi connectivity index (χ2v) is 6.00. The normalized spacial score (nSPS) is 11.0. The molecule has 7 heteroatoms. The number of hydrogen-bond acceptors (Lipinski definition) is 5. The third kappa shape index (κ3) is 3.92. The number of aliphatic hydroxyl groups is 1. The van der Waals surface area contributed by atoms with Crippen molar-refractivity contribution in [3.8, 4) is 11.8 Å². The number of aliphatic hydroxyl groups excluding tert-OH is 1. The molecule has 0 bridgehead atoms. The molecule has 0 saturated heterocycles. The van der Waals surface area contributed by atoms with Crippen LogP contribution < -0.4 is 4.72 Å². The number of sulfonamides is 1. The summed E-state index contributed by atoms with van der Waals surface area (Å²) in [6.07, 6.45) is 1.44. The Balaban J connectivity index is 2.30. The van der Waals surface area contributed by atoms with E-state index in [-0.39, 0.29) is 18.0 Å². The van der Waals surface area contributed by atoms with E-state index in [0.717, 1.165) is 5.56 Å². The molecule has 6 nitrogen and oxygen atoms in total. The van der Waals surface area contributed by atoms with Gasteiger partial charge < -0.3 is 9.63 Å². The first kappa shape index (κ1) is 15.3. The van der Waals surface area contributed by atoms with Crippen LogP contribution in [0.4, 0.5) is 0 Å². The second kappa shape index (κ2) is 6.54. The lowest BCUT2D eigenvalue weighted by Gasteiger charge is -2.08. The molecule has 0 unspecified atom stereocenters. The molecular weight excluding hydrogens is 292 g/mol. The van der Waals surface area contributed by atoms with Gasteiger partial charge in [0.1, 0.15) is 6.61 Å². The van der Waals surface area contributed by atoms with Gasteiger partial charge in [0.25, 0.3) is 0 Å². The fourth-order valence-corrected chi connectivity index (χ4v) is 2.82. The van der Waals surface area contributed by atoms with Crippen LogP contribution in [0.1, 0.15) is 16.9 Å². The fraction of sp³-hybridized carbons (Fsp3) is 0.214. The summed E-state index contributed by atoms with van der Waals surface area (Å²) in [6.45, 7) is 1.50. The van der Waals surface area contributed by atoms with Gasteiger partial charge in [0.05, 0.1) is 17.6 Å². The molecule has 0 atom stereocenters.